The van der Waals surface area contributed by atoms with Crippen LogP contribution in [0.5, 0.6) is 0 Å². The molecule has 0 bridgehead atoms. The molecule has 0 atom stereocenters. The smallest absolute Gasteiger partial charge is 0.270 e. The lowest BCUT2D eigenvalue weighted by Crippen LogP contribution is -2.23. The van der Waals surface area contributed by atoms with Crippen molar-refractivity contribution in [3.05, 3.63) is 45.4 Å². The summed E-state index contributed by atoms with van der Waals surface area (Å²) in [5.74, 6) is -0.232. The molecule has 2 aromatic rings. The number of hydrogen-bond donors (Lipinski definition) is 2. The maximum atomic E-state index is 11.7. The van der Waals surface area contributed by atoms with E-state index in [0.717, 1.165) is 5.56 Å². The molecule has 88 valence electrons. The van der Waals surface area contributed by atoms with Gasteiger partial charge in [-0.1, -0.05) is 17.7 Å². The van der Waals surface area contributed by atoms with E-state index in [2.05, 4.69) is 36.4 Å². The van der Waals surface area contributed by atoms with Gasteiger partial charge in [0, 0.05) is 12.7 Å². The molecule has 7 heteroatoms. The summed E-state index contributed by atoms with van der Waals surface area (Å²) in [5, 5.41) is 9.52. The standard InChI is InChI=1S/C10H8BrClN4O/c11-7-5-15-16-9(7)10(17)14-4-6-1-2-8(12)13-3-6/h1-3,5H,4H2,(H,14,17)(H,15,16). The summed E-state index contributed by atoms with van der Waals surface area (Å²) in [5.41, 5.74) is 1.27. The highest BCUT2D eigenvalue weighted by Crippen LogP contribution is 2.12. The number of rotatable bonds is 3. The number of hydrogen-bond acceptors (Lipinski definition) is 3. The van der Waals surface area contributed by atoms with Crippen LogP contribution in [0.1, 0.15) is 16.1 Å². The van der Waals surface area contributed by atoms with Gasteiger partial charge in [0.25, 0.3) is 5.91 Å². The number of nitrogens with one attached hydrogen (secondary N) is 2. The maximum absolute atomic E-state index is 11.7. The zero-order chi connectivity index (χ0) is 12.3. The predicted octanol–water partition coefficient (Wildman–Crippen LogP) is 2.15. The molecule has 0 aliphatic heterocycles. The van der Waals surface area contributed by atoms with Crippen LogP contribution in [0.25, 0.3) is 0 Å². The van der Waals surface area contributed by atoms with Crippen molar-refractivity contribution in [1.29, 1.82) is 0 Å². The first-order chi connectivity index (χ1) is 8.16. The van der Waals surface area contributed by atoms with E-state index >= 15 is 0 Å². The Morgan fingerprint density at radius 1 is 1.47 bits per heavy atom. The third-order valence-electron chi connectivity index (χ3n) is 2.06. The minimum atomic E-state index is -0.232. The van der Waals surface area contributed by atoms with E-state index < -0.39 is 0 Å². The van der Waals surface area contributed by atoms with Crippen molar-refractivity contribution >= 4 is 33.4 Å². The molecule has 0 saturated carbocycles. The van der Waals surface area contributed by atoms with Crippen LogP contribution >= 0.6 is 27.5 Å². The minimum absolute atomic E-state index is 0.232. The number of carbonyl (C=O) groups is 1. The second kappa shape index (κ2) is 5.29. The number of aromatic amines is 1. The molecule has 5 nitrogen and oxygen atoms in total. The molecule has 0 spiro atoms. The quantitative estimate of drug-likeness (QED) is 0.853. The van der Waals surface area contributed by atoms with Crippen LogP contribution in [-0.2, 0) is 6.54 Å². The molecule has 2 aromatic heterocycles. The van der Waals surface area contributed by atoms with Gasteiger partial charge in [0.1, 0.15) is 10.8 Å². The molecule has 0 fully saturated rings. The van der Waals surface area contributed by atoms with Crippen LogP contribution in [0, 0.1) is 0 Å². The number of pyridine rings is 1. The minimum Gasteiger partial charge on any atom is -0.347 e. The third kappa shape index (κ3) is 3.04. The molecule has 1 amide bonds. The van der Waals surface area contributed by atoms with Crippen LogP contribution in [0.3, 0.4) is 0 Å². The van der Waals surface area contributed by atoms with Gasteiger partial charge in [0.2, 0.25) is 0 Å². The van der Waals surface area contributed by atoms with Gasteiger partial charge in [-0.15, -0.1) is 0 Å². The fourth-order valence-electron chi connectivity index (χ4n) is 1.21. The van der Waals surface area contributed by atoms with Crippen LogP contribution in [-0.4, -0.2) is 21.1 Å². The van der Waals surface area contributed by atoms with E-state index in [-0.39, 0.29) is 5.91 Å². The summed E-state index contributed by atoms with van der Waals surface area (Å²) in [6.45, 7) is 0.383. The summed E-state index contributed by atoms with van der Waals surface area (Å²) in [6, 6.07) is 3.48. The maximum Gasteiger partial charge on any atom is 0.270 e. The molecule has 0 radical (unpaired) electrons. The number of nitrogens with zero attached hydrogens (tertiary/aromatic N) is 2. The number of amides is 1. The van der Waals surface area contributed by atoms with E-state index in [9.17, 15) is 4.79 Å². The molecule has 2 heterocycles. The van der Waals surface area contributed by atoms with Gasteiger partial charge in [0.05, 0.1) is 10.7 Å². The SMILES string of the molecule is O=C(NCc1ccc(Cl)nc1)c1[nH]ncc1Br. The molecular formula is C10H8BrClN4O. The second-order valence-corrected chi connectivity index (χ2v) is 4.51. The monoisotopic (exact) mass is 314 g/mol. The van der Waals surface area contributed by atoms with Crippen molar-refractivity contribution in [1.82, 2.24) is 20.5 Å². The summed E-state index contributed by atoms with van der Waals surface area (Å²) in [7, 11) is 0. The van der Waals surface area contributed by atoms with E-state index in [4.69, 9.17) is 11.6 Å². The topological polar surface area (TPSA) is 70.7 Å². The lowest BCUT2D eigenvalue weighted by molar-refractivity contribution is 0.0945. The van der Waals surface area contributed by atoms with Gasteiger partial charge in [0.15, 0.2) is 0 Å². The Morgan fingerprint density at radius 3 is 2.88 bits per heavy atom. The Labute approximate surface area is 111 Å². The van der Waals surface area contributed by atoms with Crippen molar-refractivity contribution in [2.45, 2.75) is 6.54 Å². The fraction of sp³-hybridized carbons (Fsp3) is 0.100. The van der Waals surface area contributed by atoms with Crippen LogP contribution in [0.4, 0.5) is 0 Å². The summed E-state index contributed by atoms with van der Waals surface area (Å²) < 4.78 is 0.629. The van der Waals surface area contributed by atoms with Crippen molar-refractivity contribution in [3.63, 3.8) is 0 Å². The van der Waals surface area contributed by atoms with Gasteiger partial charge in [-0.05, 0) is 27.6 Å². The predicted molar refractivity (Wildman–Crippen MR) is 66.7 cm³/mol. The van der Waals surface area contributed by atoms with E-state index in [0.29, 0.717) is 21.9 Å². The molecule has 0 unspecified atom stereocenters. The fourth-order valence-corrected chi connectivity index (χ4v) is 1.70. The molecule has 0 aliphatic carbocycles. The van der Waals surface area contributed by atoms with E-state index in [1.54, 1.807) is 18.3 Å². The van der Waals surface area contributed by atoms with E-state index in [1.165, 1.54) is 6.20 Å². The van der Waals surface area contributed by atoms with Crippen molar-refractivity contribution in [3.8, 4) is 0 Å². The van der Waals surface area contributed by atoms with Gasteiger partial charge in [-0.2, -0.15) is 5.10 Å². The van der Waals surface area contributed by atoms with Crippen LogP contribution in [0.15, 0.2) is 29.0 Å². The van der Waals surface area contributed by atoms with Crippen LogP contribution < -0.4 is 5.32 Å². The normalized spacial score (nSPS) is 10.2. The molecule has 2 N–H and O–H groups in total. The highest BCUT2D eigenvalue weighted by Gasteiger charge is 2.11. The first-order valence-electron chi connectivity index (χ1n) is 4.74. The second-order valence-electron chi connectivity index (χ2n) is 3.26. The Bertz CT molecular complexity index is 525. The molecule has 2 rings (SSSR count). The average Bonchev–Trinajstić information content (AvgIpc) is 2.74. The van der Waals surface area contributed by atoms with E-state index in [1.807, 2.05) is 0 Å². The van der Waals surface area contributed by atoms with Gasteiger partial charge < -0.3 is 5.32 Å². The molecule has 17 heavy (non-hydrogen) atoms. The lowest BCUT2D eigenvalue weighted by Gasteiger charge is -2.03. The first kappa shape index (κ1) is 12.1. The highest BCUT2D eigenvalue weighted by molar-refractivity contribution is 9.10. The Balaban J connectivity index is 1.97. The zero-order valence-electron chi connectivity index (χ0n) is 8.58. The number of H-pyrrole nitrogens is 1. The van der Waals surface area contributed by atoms with Gasteiger partial charge in [-0.3, -0.25) is 9.89 Å². The van der Waals surface area contributed by atoms with Crippen molar-refractivity contribution in [2.24, 2.45) is 0 Å². The first-order valence-corrected chi connectivity index (χ1v) is 5.91. The largest absolute Gasteiger partial charge is 0.347 e. The highest BCUT2D eigenvalue weighted by atomic mass is 79.9. The summed E-state index contributed by atoms with van der Waals surface area (Å²) >= 11 is 8.88. The van der Waals surface area contributed by atoms with Gasteiger partial charge >= 0.3 is 0 Å². The Kier molecular flexibility index (Phi) is 3.75. The molecule has 0 aliphatic rings. The van der Waals surface area contributed by atoms with Gasteiger partial charge in [-0.25, -0.2) is 4.98 Å². The van der Waals surface area contributed by atoms with Crippen molar-refractivity contribution < 1.29 is 4.79 Å². The average molecular weight is 316 g/mol. The number of aromatic nitrogens is 3. The van der Waals surface area contributed by atoms with Crippen LogP contribution in [0.2, 0.25) is 5.15 Å². The van der Waals surface area contributed by atoms with Crippen molar-refractivity contribution in [2.75, 3.05) is 0 Å². The third-order valence-corrected chi connectivity index (χ3v) is 2.89. The zero-order valence-corrected chi connectivity index (χ0v) is 10.9. The Morgan fingerprint density at radius 2 is 2.29 bits per heavy atom. The lowest BCUT2D eigenvalue weighted by atomic mass is 10.3. The molecule has 0 aromatic carbocycles. The Hall–Kier alpha value is -1.40. The molecule has 0 saturated heterocycles. The summed E-state index contributed by atoms with van der Waals surface area (Å²) in [6.07, 6.45) is 3.14. The summed E-state index contributed by atoms with van der Waals surface area (Å²) in [4.78, 5) is 15.6. The molecular weight excluding hydrogens is 307 g/mol. The number of halogens is 2. The number of carbonyl (C=O) groups excluding carboxylic acids is 1.